The molecule has 1 atom stereocenters. The number of carbonyl (C=O) groups excluding carboxylic acids is 3. The smallest absolute Gasteiger partial charge is 0.321 e. The molecule has 1 aromatic heterocycles. The number of hydrogen-bond donors (Lipinski definition) is 2. The molecule has 0 saturated carbocycles. The molecule has 8 nitrogen and oxygen atoms in total. The third-order valence-electron chi connectivity index (χ3n) is 5.96. The van der Waals surface area contributed by atoms with Gasteiger partial charge in [0.05, 0.1) is 11.7 Å². The van der Waals surface area contributed by atoms with Gasteiger partial charge < -0.3 is 10.2 Å². The molecule has 0 spiro atoms. The van der Waals surface area contributed by atoms with Crippen molar-refractivity contribution in [2.75, 3.05) is 6.54 Å². The summed E-state index contributed by atoms with van der Waals surface area (Å²) in [7, 11) is 1.89. The molecule has 170 valence electrons. The van der Waals surface area contributed by atoms with Crippen molar-refractivity contribution >= 4 is 18.3 Å². The van der Waals surface area contributed by atoms with Crippen LogP contribution in [0.4, 0.5) is 9.18 Å². The molecule has 1 aliphatic heterocycles. The maximum atomic E-state index is 13.6. The second-order valence-electron chi connectivity index (χ2n) is 8.07. The Labute approximate surface area is 190 Å². The average Bonchev–Trinajstić information content (AvgIpc) is 3.22. The number of urea groups is 1. The van der Waals surface area contributed by atoms with E-state index in [1.165, 1.54) is 12.1 Å². The van der Waals surface area contributed by atoms with Gasteiger partial charge in [0.2, 0.25) is 6.41 Å². The highest BCUT2D eigenvalue weighted by molar-refractivity contribution is 5.98. The number of amides is 4. The topological polar surface area (TPSA) is 96.3 Å². The SMILES string of the molecule is Cc1nn(C)c(C)c1-c1ccc([C@H](CN2Cc3ccc(F)cc3C2=O)NC(=O)NC=O)cc1. The number of rotatable bonds is 6. The summed E-state index contributed by atoms with van der Waals surface area (Å²) in [6, 6.07) is 10.5. The van der Waals surface area contributed by atoms with Crippen LogP contribution in [0.3, 0.4) is 0 Å². The number of imide groups is 1. The maximum Gasteiger partial charge on any atom is 0.321 e. The minimum absolute atomic E-state index is 0.158. The van der Waals surface area contributed by atoms with Crippen molar-refractivity contribution in [1.82, 2.24) is 25.3 Å². The summed E-state index contributed by atoms with van der Waals surface area (Å²) >= 11 is 0. The van der Waals surface area contributed by atoms with Crippen molar-refractivity contribution in [3.8, 4) is 11.1 Å². The summed E-state index contributed by atoms with van der Waals surface area (Å²) < 4.78 is 15.4. The number of aryl methyl sites for hydroxylation is 2. The molecule has 4 amide bonds. The minimum atomic E-state index is -0.673. The van der Waals surface area contributed by atoms with Crippen LogP contribution < -0.4 is 10.6 Å². The fraction of sp³-hybridized carbons (Fsp3) is 0.250. The zero-order valence-electron chi connectivity index (χ0n) is 18.6. The molecular weight excluding hydrogens is 425 g/mol. The van der Waals surface area contributed by atoms with Crippen LogP contribution in [0.25, 0.3) is 11.1 Å². The van der Waals surface area contributed by atoms with Crippen molar-refractivity contribution in [2.45, 2.75) is 26.4 Å². The highest BCUT2D eigenvalue weighted by Crippen LogP contribution is 2.29. The van der Waals surface area contributed by atoms with Crippen LogP contribution in [-0.4, -0.2) is 39.6 Å². The van der Waals surface area contributed by atoms with E-state index in [1.54, 1.807) is 11.0 Å². The molecule has 0 fully saturated rings. The Morgan fingerprint density at radius 1 is 1.21 bits per heavy atom. The molecule has 0 saturated heterocycles. The van der Waals surface area contributed by atoms with E-state index < -0.39 is 17.9 Å². The number of hydrogen-bond acceptors (Lipinski definition) is 4. The van der Waals surface area contributed by atoms with Crippen molar-refractivity contribution in [3.05, 3.63) is 76.4 Å². The number of fused-ring (bicyclic) bond motifs is 1. The lowest BCUT2D eigenvalue weighted by molar-refractivity contribution is -0.108. The van der Waals surface area contributed by atoms with Gasteiger partial charge in [0.15, 0.2) is 0 Å². The molecular formula is C24H24FN5O3. The lowest BCUT2D eigenvalue weighted by Crippen LogP contribution is -2.42. The standard InChI is InChI=1S/C24H24FN5O3/c1-14-22(15(2)29(3)28-14)17-6-4-16(5-7-17)21(27-24(33)26-13-31)12-30-11-18-8-9-19(25)10-20(18)23(30)32/h4-10,13,21H,11-12H2,1-3H3,(H2,26,27,31,33)/t21-/m0/s1. The summed E-state index contributed by atoms with van der Waals surface area (Å²) in [5, 5.41) is 9.26. The van der Waals surface area contributed by atoms with Gasteiger partial charge in [-0.1, -0.05) is 30.3 Å². The van der Waals surface area contributed by atoms with E-state index in [9.17, 15) is 18.8 Å². The molecule has 4 rings (SSSR count). The number of carbonyl (C=O) groups is 3. The zero-order chi connectivity index (χ0) is 23.7. The van der Waals surface area contributed by atoms with E-state index >= 15 is 0 Å². The molecule has 0 unspecified atom stereocenters. The van der Waals surface area contributed by atoms with Crippen LogP contribution in [0.1, 0.15) is 38.9 Å². The van der Waals surface area contributed by atoms with Gasteiger partial charge in [-0.25, -0.2) is 9.18 Å². The second kappa shape index (κ2) is 8.85. The molecule has 0 radical (unpaired) electrons. The molecule has 0 aliphatic carbocycles. The van der Waals surface area contributed by atoms with Crippen molar-refractivity contribution in [1.29, 1.82) is 0 Å². The van der Waals surface area contributed by atoms with Crippen molar-refractivity contribution < 1.29 is 18.8 Å². The van der Waals surface area contributed by atoms with Gasteiger partial charge in [-0.3, -0.25) is 19.6 Å². The van der Waals surface area contributed by atoms with Crippen LogP contribution in [-0.2, 0) is 18.4 Å². The number of aromatic nitrogens is 2. The predicted octanol–water partition coefficient (Wildman–Crippen LogP) is 3.00. The molecule has 1 aliphatic rings. The van der Waals surface area contributed by atoms with Crippen molar-refractivity contribution in [2.24, 2.45) is 7.05 Å². The lowest BCUT2D eigenvalue weighted by Gasteiger charge is -2.25. The average molecular weight is 449 g/mol. The van der Waals surface area contributed by atoms with Gasteiger partial charge in [0.1, 0.15) is 5.82 Å². The van der Waals surface area contributed by atoms with Crippen LogP contribution in [0.15, 0.2) is 42.5 Å². The molecule has 33 heavy (non-hydrogen) atoms. The Balaban J connectivity index is 1.60. The number of nitrogens with one attached hydrogen (secondary N) is 2. The van der Waals surface area contributed by atoms with E-state index in [1.807, 2.05) is 49.8 Å². The van der Waals surface area contributed by atoms with Gasteiger partial charge in [0.25, 0.3) is 5.91 Å². The molecule has 9 heteroatoms. The first-order valence-corrected chi connectivity index (χ1v) is 10.5. The first-order valence-electron chi connectivity index (χ1n) is 10.5. The number of benzene rings is 2. The summed E-state index contributed by atoms with van der Waals surface area (Å²) in [4.78, 5) is 37.2. The molecule has 2 aromatic carbocycles. The summed E-state index contributed by atoms with van der Waals surface area (Å²) in [5.74, 6) is -0.772. The zero-order valence-corrected chi connectivity index (χ0v) is 18.6. The van der Waals surface area contributed by atoms with Gasteiger partial charge >= 0.3 is 6.03 Å². The monoisotopic (exact) mass is 449 g/mol. The number of nitrogens with zero attached hydrogens (tertiary/aromatic N) is 3. The first-order chi connectivity index (χ1) is 15.8. The van der Waals surface area contributed by atoms with Gasteiger partial charge in [0, 0.05) is 37.0 Å². The third kappa shape index (κ3) is 4.34. The fourth-order valence-corrected chi connectivity index (χ4v) is 4.26. The Kier molecular flexibility index (Phi) is 5.95. The molecule has 2 heterocycles. The van der Waals surface area contributed by atoms with Crippen LogP contribution in [0.5, 0.6) is 0 Å². The summed E-state index contributed by atoms with van der Waals surface area (Å²) in [6.07, 6.45) is 0.295. The van der Waals surface area contributed by atoms with E-state index in [0.29, 0.717) is 18.5 Å². The molecule has 3 aromatic rings. The van der Waals surface area contributed by atoms with E-state index in [-0.39, 0.29) is 12.5 Å². The van der Waals surface area contributed by atoms with Gasteiger partial charge in [-0.15, -0.1) is 0 Å². The Morgan fingerprint density at radius 2 is 1.94 bits per heavy atom. The van der Waals surface area contributed by atoms with Gasteiger partial charge in [-0.2, -0.15) is 5.10 Å². The Morgan fingerprint density at radius 3 is 2.58 bits per heavy atom. The van der Waals surface area contributed by atoms with Crippen LogP contribution in [0.2, 0.25) is 0 Å². The highest BCUT2D eigenvalue weighted by Gasteiger charge is 2.30. The van der Waals surface area contributed by atoms with Crippen LogP contribution >= 0.6 is 0 Å². The Hall–Kier alpha value is -4.01. The second-order valence-corrected chi connectivity index (χ2v) is 8.07. The van der Waals surface area contributed by atoms with Crippen molar-refractivity contribution in [3.63, 3.8) is 0 Å². The molecule has 2 N–H and O–H groups in total. The first kappa shape index (κ1) is 22.2. The lowest BCUT2D eigenvalue weighted by atomic mass is 9.99. The highest BCUT2D eigenvalue weighted by atomic mass is 19.1. The van der Waals surface area contributed by atoms with E-state index in [2.05, 4.69) is 15.7 Å². The largest absolute Gasteiger partial charge is 0.332 e. The van der Waals surface area contributed by atoms with Gasteiger partial charge in [-0.05, 0) is 42.7 Å². The maximum absolute atomic E-state index is 13.6. The van der Waals surface area contributed by atoms with E-state index in [0.717, 1.165) is 33.6 Å². The Bertz CT molecular complexity index is 1240. The minimum Gasteiger partial charge on any atom is -0.332 e. The normalized spacial score (nSPS) is 13.6. The summed E-state index contributed by atoms with van der Waals surface area (Å²) in [5.41, 5.74) is 5.79. The molecule has 0 bridgehead atoms. The van der Waals surface area contributed by atoms with Crippen LogP contribution in [0, 0.1) is 19.7 Å². The summed E-state index contributed by atoms with van der Waals surface area (Å²) in [6.45, 7) is 4.42. The quantitative estimate of drug-likeness (QED) is 0.566. The van der Waals surface area contributed by atoms with E-state index in [4.69, 9.17) is 0 Å². The number of halogens is 1. The predicted molar refractivity (Wildman–Crippen MR) is 120 cm³/mol. The third-order valence-corrected chi connectivity index (χ3v) is 5.96. The fourth-order valence-electron chi connectivity index (χ4n) is 4.26.